The molecule has 0 radical (unpaired) electrons. The summed E-state index contributed by atoms with van der Waals surface area (Å²) in [6.45, 7) is 0. The van der Waals surface area contributed by atoms with Crippen molar-refractivity contribution in [2.24, 2.45) is 5.73 Å². The van der Waals surface area contributed by atoms with Gasteiger partial charge in [-0.1, -0.05) is 11.8 Å². The topological polar surface area (TPSA) is 86.2 Å². The van der Waals surface area contributed by atoms with Gasteiger partial charge in [0.1, 0.15) is 0 Å². The molecule has 0 unspecified atom stereocenters. The van der Waals surface area contributed by atoms with E-state index in [9.17, 15) is 14.9 Å². The molecule has 1 aromatic carbocycles. The smallest absolute Gasteiger partial charge is 0.271 e. The van der Waals surface area contributed by atoms with Crippen LogP contribution in [0.25, 0.3) is 0 Å². The lowest BCUT2D eigenvalue weighted by atomic mass is 10.1. The Hall–Kier alpha value is -2.06. The maximum Gasteiger partial charge on any atom is 0.271 e. The summed E-state index contributed by atoms with van der Waals surface area (Å²) in [5.74, 6) is 4.50. The molecule has 16 heavy (non-hydrogen) atoms. The van der Waals surface area contributed by atoms with E-state index < -0.39 is 10.8 Å². The van der Waals surface area contributed by atoms with Crippen molar-refractivity contribution < 1.29 is 9.72 Å². The predicted molar refractivity (Wildman–Crippen MR) is 59.2 cm³/mol. The van der Waals surface area contributed by atoms with Crippen LogP contribution in [0.5, 0.6) is 0 Å². The summed E-state index contributed by atoms with van der Waals surface area (Å²) < 4.78 is 0. The normalized spacial score (nSPS) is 9.06. The summed E-state index contributed by atoms with van der Waals surface area (Å²) >= 11 is 5.36. The lowest BCUT2D eigenvalue weighted by Crippen LogP contribution is -2.11. The van der Waals surface area contributed by atoms with Gasteiger partial charge in [0.25, 0.3) is 5.69 Å². The fourth-order valence-electron chi connectivity index (χ4n) is 1.07. The van der Waals surface area contributed by atoms with Gasteiger partial charge in [-0.3, -0.25) is 14.9 Å². The van der Waals surface area contributed by atoms with Crippen LogP contribution in [0.15, 0.2) is 18.2 Å². The van der Waals surface area contributed by atoms with Crippen molar-refractivity contribution in [3.8, 4) is 11.8 Å². The van der Waals surface area contributed by atoms with Gasteiger partial charge < -0.3 is 5.73 Å². The molecule has 0 fully saturated rings. The Morgan fingerprint density at radius 2 is 2.19 bits per heavy atom. The Balaban J connectivity index is 3.29. The SMILES string of the molecule is NC(=O)c1cc(C#CCCl)cc([N+](=O)[O-])c1. The molecule has 1 amide bonds. The quantitative estimate of drug-likeness (QED) is 0.364. The Labute approximate surface area is 96.3 Å². The van der Waals surface area contributed by atoms with Crippen LogP contribution in [0.1, 0.15) is 15.9 Å². The number of hydrogen-bond acceptors (Lipinski definition) is 3. The monoisotopic (exact) mass is 238 g/mol. The highest BCUT2D eigenvalue weighted by Crippen LogP contribution is 2.16. The minimum Gasteiger partial charge on any atom is -0.366 e. The van der Waals surface area contributed by atoms with Gasteiger partial charge in [-0.2, -0.15) is 0 Å². The van der Waals surface area contributed by atoms with Crippen molar-refractivity contribution in [1.29, 1.82) is 0 Å². The van der Waals surface area contributed by atoms with E-state index in [0.29, 0.717) is 5.56 Å². The van der Waals surface area contributed by atoms with Crippen LogP contribution in [0.4, 0.5) is 5.69 Å². The molecule has 1 aromatic rings. The second-order valence-electron chi connectivity index (χ2n) is 2.83. The van der Waals surface area contributed by atoms with Crippen molar-refractivity contribution in [2.75, 3.05) is 5.88 Å². The average molecular weight is 239 g/mol. The van der Waals surface area contributed by atoms with Gasteiger partial charge in [0.05, 0.1) is 10.8 Å². The van der Waals surface area contributed by atoms with Crippen molar-refractivity contribution in [2.45, 2.75) is 0 Å². The molecule has 2 N–H and O–H groups in total. The molecule has 0 saturated heterocycles. The molecule has 1 rings (SSSR count). The number of hydrogen-bond donors (Lipinski definition) is 1. The Morgan fingerprint density at radius 3 is 2.69 bits per heavy atom. The second kappa shape index (κ2) is 5.14. The number of rotatable bonds is 2. The number of nitrogens with two attached hydrogens (primary N) is 1. The van der Waals surface area contributed by atoms with Gasteiger partial charge in [0, 0.05) is 23.3 Å². The van der Waals surface area contributed by atoms with Crippen molar-refractivity contribution in [3.05, 3.63) is 39.4 Å². The van der Waals surface area contributed by atoms with E-state index in [4.69, 9.17) is 17.3 Å². The molecule has 0 heterocycles. The maximum absolute atomic E-state index is 10.9. The summed E-state index contributed by atoms with van der Waals surface area (Å²) in [5.41, 5.74) is 5.20. The van der Waals surface area contributed by atoms with Crippen LogP contribution in [-0.2, 0) is 0 Å². The highest BCUT2D eigenvalue weighted by molar-refractivity contribution is 6.19. The Kier molecular flexibility index (Phi) is 3.86. The van der Waals surface area contributed by atoms with Crippen LogP contribution >= 0.6 is 11.6 Å². The fraction of sp³-hybridized carbons (Fsp3) is 0.100. The van der Waals surface area contributed by atoms with Crippen molar-refractivity contribution >= 4 is 23.2 Å². The molecule has 0 atom stereocenters. The number of primary amides is 1. The first-order valence-electron chi connectivity index (χ1n) is 4.18. The molecule has 5 nitrogen and oxygen atoms in total. The molecular weight excluding hydrogens is 232 g/mol. The van der Waals surface area contributed by atoms with Crippen LogP contribution in [-0.4, -0.2) is 16.7 Å². The zero-order valence-electron chi connectivity index (χ0n) is 8.07. The molecule has 0 aliphatic heterocycles. The molecule has 0 spiro atoms. The zero-order chi connectivity index (χ0) is 12.1. The summed E-state index contributed by atoms with van der Waals surface area (Å²) in [5, 5.41) is 10.6. The third kappa shape index (κ3) is 2.97. The number of carbonyl (C=O) groups excluding carboxylic acids is 1. The Bertz CT molecular complexity index is 470. The van der Waals surface area contributed by atoms with Crippen molar-refractivity contribution in [3.63, 3.8) is 0 Å². The van der Waals surface area contributed by atoms with Crippen LogP contribution in [0, 0.1) is 22.0 Å². The number of halogens is 1. The summed E-state index contributed by atoms with van der Waals surface area (Å²) in [6.07, 6.45) is 0. The average Bonchev–Trinajstić information content (AvgIpc) is 2.25. The van der Waals surface area contributed by atoms with Crippen molar-refractivity contribution in [1.82, 2.24) is 0 Å². The van der Waals surface area contributed by atoms with E-state index >= 15 is 0 Å². The number of carbonyl (C=O) groups is 1. The van der Waals surface area contributed by atoms with E-state index in [1.807, 2.05) is 0 Å². The molecular formula is C10H7ClN2O3. The number of alkyl halides is 1. The van der Waals surface area contributed by atoms with Gasteiger partial charge in [-0.25, -0.2) is 0 Å². The minimum absolute atomic E-state index is 0.0491. The largest absolute Gasteiger partial charge is 0.366 e. The van der Waals surface area contributed by atoms with E-state index in [-0.39, 0.29) is 17.1 Å². The van der Waals surface area contributed by atoms with E-state index in [1.165, 1.54) is 12.1 Å². The summed E-state index contributed by atoms with van der Waals surface area (Å²) in [4.78, 5) is 20.9. The fourth-order valence-corrected chi connectivity index (χ4v) is 1.13. The highest BCUT2D eigenvalue weighted by atomic mass is 35.5. The van der Waals surface area contributed by atoms with E-state index in [2.05, 4.69) is 11.8 Å². The molecule has 0 aromatic heterocycles. The van der Waals surface area contributed by atoms with Gasteiger partial charge in [-0.05, 0) is 6.07 Å². The predicted octanol–water partition coefficient (Wildman–Crippen LogP) is 1.28. The van der Waals surface area contributed by atoms with Gasteiger partial charge in [0.2, 0.25) is 5.91 Å². The number of benzene rings is 1. The third-order valence-electron chi connectivity index (χ3n) is 1.71. The summed E-state index contributed by atoms with van der Waals surface area (Å²) in [6, 6.07) is 3.75. The first-order chi connectivity index (χ1) is 7.54. The second-order valence-corrected chi connectivity index (χ2v) is 3.09. The molecule has 0 aliphatic carbocycles. The van der Waals surface area contributed by atoms with Crippen LogP contribution < -0.4 is 5.73 Å². The number of nitro groups is 1. The van der Waals surface area contributed by atoms with E-state index in [1.54, 1.807) is 0 Å². The van der Waals surface area contributed by atoms with Gasteiger partial charge in [0.15, 0.2) is 0 Å². The van der Waals surface area contributed by atoms with Crippen LogP contribution in [0.3, 0.4) is 0 Å². The maximum atomic E-state index is 10.9. The number of amides is 1. The van der Waals surface area contributed by atoms with E-state index in [0.717, 1.165) is 6.07 Å². The molecule has 82 valence electrons. The standard InChI is InChI=1S/C10H7ClN2O3/c11-3-1-2-7-4-8(10(12)14)6-9(5-7)13(15)16/h4-6H,3H2,(H2,12,14). The highest BCUT2D eigenvalue weighted by Gasteiger charge is 2.11. The molecule has 0 aliphatic rings. The zero-order valence-corrected chi connectivity index (χ0v) is 8.82. The van der Waals surface area contributed by atoms with Gasteiger partial charge in [-0.15, -0.1) is 11.6 Å². The first-order valence-corrected chi connectivity index (χ1v) is 4.72. The third-order valence-corrected chi connectivity index (χ3v) is 1.85. The summed E-state index contributed by atoms with van der Waals surface area (Å²) in [7, 11) is 0. The van der Waals surface area contributed by atoms with Gasteiger partial charge >= 0.3 is 0 Å². The minimum atomic E-state index is -0.738. The number of nitrogens with zero attached hydrogens (tertiary/aromatic N) is 1. The molecule has 0 bridgehead atoms. The number of non-ortho nitro benzene ring substituents is 1. The lowest BCUT2D eigenvalue weighted by Gasteiger charge is -1.97. The first kappa shape index (κ1) is 12.0. The molecule has 6 heteroatoms. The molecule has 0 saturated carbocycles. The number of nitro benzene ring substituents is 1. The van der Waals surface area contributed by atoms with Crippen LogP contribution in [0.2, 0.25) is 0 Å². The Morgan fingerprint density at radius 1 is 1.50 bits per heavy atom. The lowest BCUT2D eigenvalue weighted by molar-refractivity contribution is -0.384.